The molecule has 0 aliphatic carbocycles. The summed E-state index contributed by atoms with van der Waals surface area (Å²) < 4.78 is 0. The fourth-order valence-electron chi connectivity index (χ4n) is 1.27. The Labute approximate surface area is 89.5 Å². The second-order valence-electron chi connectivity index (χ2n) is 3.92. The predicted molar refractivity (Wildman–Crippen MR) is 62.4 cm³/mol. The number of rotatable bonds is 4. The van der Waals surface area contributed by atoms with Crippen molar-refractivity contribution in [2.24, 2.45) is 5.92 Å². The van der Waals surface area contributed by atoms with Crippen LogP contribution < -0.4 is 4.90 Å². The molecular weight excluding hydrogens is 194 g/mol. The Morgan fingerprint density at radius 2 is 2.07 bits per heavy atom. The van der Waals surface area contributed by atoms with E-state index in [1.807, 2.05) is 11.4 Å². The molecule has 0 bridgehead atoms. The first-order valence-electron chi connectivity index (χ1n) is 4.82. The van der Waals surface area contributed by atoms with Crippen LogP contribution in [0, 0.1) is 5.92 Å². The van der Waals surface area contributed by atoms with Gasteiger partial charge in [-0.2, -0.15) is 0 Å². The summed E-state index contributed by atoms with van der Waals surface area (Å²) in [5.74, 6) is 0.611. The summed E-state index contributed by atoms with van der Waals surface area (Å²) >= 11 is 1.50. The molecule has 0 aliphatic rings. The maximum absolute atomic E-state index is 10.5. The lowest BCUT2D eigenvalue weighted by molar-refractivity contribution is 0.112. The molecule has 0 saturated heterocycles. The third-order valence-corrected chi connectivity index (χ3v) is 3.55. The summed E-state index contributed by atoms with van der Waals surface area (Å²) in [6.45, 7) is 6.60. The highest BCUT2D eigenvalue weighted by Gasteiger charge is 2.14. The van der Waals surface area contributed by atoms with Crippen molar-refractivity contribution >= 4 is 23.3 Å². The zero-order valence-electron chi connectivity index (χ0n) is 9.15. The first-order valence-corrected chi connectivity index (χ1v) is 5.70. The molecule has 0 fully saturated rings. The summed E-state index contributed by atoms with van der Waals surface area (Å²) in [6.07, 6.45) is 0.905. The van der Waals surface area contributed by atoms with Gasteiger partial charge in [-0.1, -0.05) is 13.8 Å². The van der Waals surface area contributed by atoms with E-state index in [0.29, 0.717) is 12.0 Å². The van der Waals surface area contributed by atoms with Crippen molar-refractivity contribution in [3.63, 3.8) is 0 Å². The maximum Gasteiger partial charge on any atom is 0.160 e. The first-order chi connectivity index (χ1) is 6.56. The van der Waals surface area contributed by atoms with E-state index in [-0.39, 0.29) is 0 Å². The van der Waals surface area contributed by atoms with Crippen molar-refractivity contribution in [2.75, 3.05) is 11.9 Å². The van der Waals surface area contributed by atoms with Gasteiger partial charge in [-0.3, -0.25) is 4.79 Å². The van der Waals surface area contributed by atoms with E-state index >= 15 is 0 Å². The lowest BCUT2D eigenvalue weighted by atomic mass is 10.1. The third-order valence-electron chi connectivity index (χ3n) is 2.71. The molecule has 2 nitrogen and oxygen atoms in total. The zero-order chi connectivity index (χ0) is 10.7. The highest BCUT2D eigenvalue weighted by atomic mass is 32.1. The van der Waals surface area contributed by atoms with Crippen LogP contribution in [0.3, 0.4) is 0 Å². The number of nitrogens with zero attached hydrogens (tertiary/aromatic N) is 1. The summed E-state index contributed by atoms with van der Waals surface area (Å²) in [5, 5.41) is 2.03. The highest BCUT2D eigenvalue weighted by Crippen LogP contribution is 2.24. The second-order valence-corrected chi connectivity index (χ2v) is 4.86. The van der Waals surface area contributed by atoms with Gasteiger partial charge in [0.25, 0.3) is 0 Å². The topological polar surface area (TPSA) is 20.3 Å². The average Bonchev–Trinajstić information content (AvgIpc) is 2.63. The van der Waals surface area contributed by atoms with E-state index in [0.717, 1.165) is 16.9 Å². The normalized spacial score (nSPS) is 12.9. The van der Waals surface area contributed by atoms with Crippen LogP contribution in [0.15, 0.2) is 11.4 Å². The van der Waals surface area contributed by atoms with Crippen molar-refractivity contribution in [1.82, 2.24) is 0 Å². The smallest absolute Gasteiger partial charge is 0.160 e. The molecule has 1 heterocycles. The standard InChI is InChI=1S/C11H17NOS/c1-8(2)9(3)12(4)10-5-11(6-13)14-7-10/h5-9H,1-4H3. The van der Waals surface area contributed by atoms with Crippen molar-refractivity contribution < 1.29 is 4.79 Å². The quantitative estimate of drug-likeness (QED) is 0.713. The van der Waals surface area contributed by atoms with Gasteiger partial charge in [-0.05, 0) is 18.9 Å². The Morgan fingerprint density at radius 1 is 1.43 bits per heavy atom. The van der Waals surface area contributed by atoms with Crippen LogP contribution >= 0.6 is 11.3 Å². The van der Waals surface area contributed by atoms with Gasteiger partial charge in [-0.15, -0.1) is 11.3 Å². The van der Waals surface area contributed by atoms with Gasteiger partial charge in [0.2, 0.25) is 0 Å². The molecule has 1 rings (SSSR count). The minimum Gasteiger partial charge on any atom is -0.371 e. The van der Waals surface area contributed by atoms with Crippen LogP contribution in [0.5, 0.6) is 0 Å². The Balaban J connectivity index is 2.78. The molecule has 0 radical (unpaired) electrons. The molecule has 0 N–H and O–H groups in total. The summed E-state index contributed by atoms with van der Waals surface area (Å²) in [7, 11) is 2.07. The predicted octanol–water partition coefficient (Wildman–Crippen LogP) is 3.04. The number of anilines is 1. The number of thiophene rings is 1. The zero-order valence-corrected chi connectivity index (χ0v) is 9.97. The van der Waals surface area contributed by atoms with Gasteiger partial charge in [0.1, 0.15) is 0 Å². The van der Waals surface area contributed by atoms with Crippen LogP contribution in [0.25, 0.3) is 0 Å². The van der Waals surface area contributed by atoms with Gasteiger partial charge < -0.3 is 4.90 Å². The number of hydrogen-bond acceptors (Lipinski definition) is 3. The van der Waals surface area contributed by atoms with E-state index in [4.69, 9.17) is 0 Å². The number of hydrogen-bond donors (Lipinski definition) is 0. The molecule has 0 spiro atoms. The Bertz CT molecular complexity index is 306. The maximum atomic E-state index is 10.5. The molecule has 1 aromatic rings. The lowest BCUT2D eigenvalue weighted by Crippen LogP contribution is -2.32. The third kappa shape index (κ3) is 2.35. The molecule has 0 aromatic carbocycles. The molecule has 1 atom stereocenters. The molecule has 1 unspecified atom stereocenters. The van der Waals surface area contributed by atoms with Gasteiger partial charge in [0.15, 0.2) is 6.29 Å². The van der Waals surface area contributed by atoms with Crippen LogP contribution in [-0.4, -0.2) is 19.4 Å². The van der Waals surface area contributed by atoms with Crippen molar-refractivity contribution in [3.8, 4) is 0 Å². The van der Waals surface area contributed by atoms with Crippen molar-refractivity contribution in [3.05, 3.63) is 16.3 Å². The summed E-state index contributed by atoms with van der Waals surface area (Å²) in [5.41, 5.74) is 1.14. The molecule has 0 saturated carbocycles. The SMILES string of the molecule is CC(C)C(C)N(C)c1csc(C=O)c1. The number of aldehydes is 1. The van der Waals surface area contributed by atoms with E-state index in [1.165, 1.54) is 11.3 Å². The van der Waals surface area contributed by atoms with Gasteiger partial charge in [-0.25, -0.2) is 0 Å². The Hall–Kier alpha value is -0.830. The van der Waals surface area contributed by atoms with E-state index in [9.17, 15) is 4.79 Å². The van der Waals surface area contributed by atoms with Gasteiger partial charge in [0, 0.05) is 24.2 Å². The molecule has 1 aromatic heterocycles. The average molecular weight is 211 g/mol. The minimum atomic E-state index is 0.490. The Kier molecular flexibility index (Phi) is 3.69. The van der Waals surface area contributed by atoms with Crippen LogP contribution in [0.1, 0.15) is 30.4 Å². The van der Waals surface area contributed by atoms with Gasteiger partial charge >= 0.3 is 0 Å². The molecule has 0 aliphatic heterocycles. The molecule has 78 valence electrons. The van der Waals surface area contributed by atoms with E-state index in [2.05, 4.69) is 32.7 Å². The fourth-order valence-corrected chi connectivity index (χ4v) is 2.01. The van der Waals surface area contributed by atoms with E-state index in [1.54, 1.807) is 0 Å². The first kappa shape index (κ1) is 11.2. The van der Waals surface area contributed by atoms with Gasteiger partial charge in [0.05, 0.1) is 4.88 Å². The van der Waals surface area contributed by atoms with Crippen LogP contribution in [0.2, 0.25) is 0 Å². The van der Waals surface area contributed by atoms with Crippen LogP contribution in [-0.2, 0) is 0 Å². The molecule has 3 heteroatoms. The van der Waals surface area contributed by atoms with E-state index < -0.39 is 0 Å². The molecule has 14 heavy (non-hydrogen) atoms. The molecular formula is C11H17NOS. The lowest BCUT2D eigenvalue weighted by Gasteiger charge is -2.28. The largest absolute Gasteiger partial charge is 0.371 e. The van der Waals surface area contributed by atoms with Crippen LogP contribution in [0.4, 0.5) is 5.69 Å². The number of carbonyl (C=O) groups is 1. The van der Waals surface area contributed by atoms with Crippen molar-refractivity contribution in [1.29, 1.82) is 0 Å². The minimum absolute atomic E-state index is 0.490. The second kappa shape index (κ2) is 4.60. The highest BCUT2D eigenvalue weighted by molar-refractivity contribution is 7.12. The summed E-state index contributed by atoms with van der Waals surface area (Å²) in [4.78, 5) is 13.5. The van der Waals surface area contributed by atoms with Crippen molar-refractivity contribution in [2.45, 2.75) is 26.8 Å². The monoisotopic (exact) mass is 211 g/mol. The Morgan fingerprint density at radius 3 is 2.50 bits per heavy atom. The number of carbonyl (C=O) groups excluding carboxylic acids is 1. The fraction of sp³-hybridized carbons (Fsp3) is 0.545. The summed E-state index contributed by atoms with van der Waals surface area (Å²) in [6, 6.07) is 2.43. The molecule has 0 amide bonds.